The van der Waals surface area contributed by atoms with E-state index in [-0.39, 0.29) is 4.90 Å². The first-order valence-corrected chi connectivity index (χ1v) is 7.76. The summed E-state index contributed by atoms with van der Waals surface area (Å²) in [5.41, 5.74) is 0.313. The normalized spacial score (nSPS) is 11.3. The fourth-order valence-electron chi connectivity index (χ4n) is 1.82. The van der Waals surface area contributed by atoms with Gasteiger partial charge in [-0.05, 0) is 36.4 Å². The predicted molar refractivity (Wildman–Crippen MR) is 78.6 cm³/mol. The Morgan fingerprint density at radius 1 is 1.09 bits per heavy atom. The fraction of sp³-hybridized carbons (Fsp3) is 0. The lowest BCUT2D eigenvalue weighted by atomic mass is 10.4. The summed E-state index contributed by atoms with van der Waals surface area (Å²) in [6.45, 7) is 0. The average molecular weight is 318 g/mol. The topological polar surface area (TPSA) is 76.9 Å². The molecule has 0 saturated carbocycles. The van der Waals surface area contributed by atoms with Gasteiger partial charge in [0.15, 0.2) is 0 Å². The highest BCUT2D eigenvalue weighted by molar-refractivity contribution is 7.92. The molecule has 0 saturated heterocycles. The van der Waals surface area contributed by atoms with E-state index >= 15 is 0 Å². The van der Waals surface area contributed by atoms with Gasteiger partial charge in [0.1, 0.15) is 18.0 Å². The van der Waals surface area contributed by atoms with E-state index < -0.39 is 15.8 Å². The van der Waals surface area contributed by atoms with Crippen molar-refractivity contribution in [1.82, 2.24) is 14.5 Å². The number of halogens is 1. The minimum atomic E-state index is -3.77. The smallest absolute Gasteiger partial charge is 0.261 e. The SMILES string of the molecule is O=S(=O)(Nc1ccc(-n2ccnc2)nc1)c1ccc(F)cc1. The quantitative estimate of drug-likeness (QED) is 0.800. The van der Waals surface area contributed by atoms with Gasteiger partial charge in [0.05, 0.1) is 16.8 Å². The molecular formula is C14H11FN4O2S. The number of hydrogen-bond donors (Lipinski definition) is 1. The molecule has 0 aliphatic carbocycles. The number of anilines is 1. The van der Waals surface area contributed by atoms with Gasteiger partial charge in [-0.2, -0.15) is 0 Å². The third-order valence-electron chi connectivity index (χ3n) is 2.89. The molecule has 22 heavy (non-hydrogen) atoms. The van der Waals surface area contributed by atoms with Gasteiger partial charge in [-0.3, -0.25) is 9.29 Å². The van der Waals surface area contributed by atoms with Crippen molar-refractivity contribution < 1.29 is 12.8 Å². The van der Waals surface area contributed by atoms with Crippen LogP contribution in [0, 0.1) is 5.82 Å². The number of aromatic nitrogens is 3. The van der Waals surface area contributed by atoms with E-state index in [9.17, 15) is 12.8 Å². The molecule has 0 unspecified atom stereocenters. The van der Waals surface area contributed by atoms with E-state index in [1.165, 1.54) is 18.3 Å². The molecule has 2 heterocycles. The Morgan fingerprint density at radius 3 is 2.45 bits per heavy atom. The summed E-state index contributed by atoms with van der Waals surface area (Å²) in [5, 5.41) is 0. The maximum absolute atomic E-state index is 12.8. The maximum atomic E-state index is 12.8. The van der Waals surface area contributed by atoms with Gasteiger partial charge >= 0.3 is 0 Å². The first-order valence-electron chi connectivity index (χ1n) is 6.27. The Balaban J connectivity index is 1.82. The summed E-state index contributed by atoms with van der Waals surface area (Å²) < 4.78 is 41.2. The molecule has 0 bridgehead atoms. The lowest BCUT2D eigenvalue weighted by molar-refractivity contribution is 0.599. The van der Waals surface area contributed by atoms with E-state index in [0.717, 1.165) is 12.1 Å². The van der Waals surface area contributed by atoms with Gasteiger partial charge in [-0.15, -0.1) is 0 Å². The molecule has 1 N–H and O–H groups in total. The largest absolute Gasteiger partial charge is 0.291 e. The Kier molecular flexibility index (Phi) is 3.60. The van der Waals surface area contributed by atoms with Crippen molar-refractivity contribution >= 4 is 15.7 Å². The van der Waals surface area contributed by atoms with Gasteiger partial charge < -0.3 is 0 Å². The van der Waals surface area contributed by atoms with Crippen LogP contribution in [0.4, 0.5) is 10.1 Å². The van der Waals surface area contributed by atoms with Crippen molar-refractivity contribution in [1.29, 1.82) is 0 Å². The van der Waals surface area contributed by atoms with E-state index in [1.54, 1.807) is 35.4 Å². The van der Waals surface area contributed by atoms with Crippen molar-refractivity contribution in [2.75, 3.05) is 4.72 Å². The molecule has 3 aromatic rings. The average Bonchev–Trinajstić information content (AvgIpc) is 3.02. The number of nitrogens with zero attached hydrogens (tertiary/aromatic N) is 3. The second-order valence-electron chi connectivity index (χ2n) is 4.43. The van der Waals surface area contributed by atoms with Gasteiger partial charge in [0, 0.05) is 12.4 Å². The highest BCUT2D eigenvalue weighted by atomic mass is 32.2. The standard InChI is InChI=1S/C14H11FN4O2S/c15-11-1-4-13(5-2-11)22(20,21)18-12-3-6-14(17-9-12)19-8-7-16-10-19/h1-10,18H. The van der Waals surface area contributed by atoms with Crippen LogP contribution in [0.5, 0.6) is 0 Å². The molecule has 0 fully saturated rings. The molecule has 0 aliphatic heterocycles. The molecule has 0 amide bonds. The molecule has 2 aromatic heterocycles. The number of rotatable bonds is 4. The third kappa shape index (κ3) is 2.96. The Hall–Kier alpha value is -2.74. The lowest BCUT2D eigenvalue weighted by Crippen LogP contribution is -2.13. The van der Waals surface area contributed by atoms with Gasteiger partial charge in [-0.1, -0.05) is 0 Å². The first-order chi connectivity index (χ1) is 10.5. The molecule has 112 valence electrons. The fourth-order valence-corrected chi connectivity index (χ4v) is 2.86. The van der Waals surface area contributed by atoms with E-state index in [0.29, 0.717) is 11.5 Å². The molecule has 0 radical (unpaired) electrons. The van der Waals surface area contributed by atoms with Crippen molar-refractivity contribution in [3.63, 3.8) is 0 Å². The molecular weight excluding hydrogens is 307 g/mol. The number of imidazole rings is 1. The van der Waals surface area contributed by atoms with Crippen LogP contribution in [0.3, 0.4) is 0 Å². The molecule has 0 atom stereocenters. The molecule has 6 nitrogen and oxygen atoms in total. The van der Waals surface area contributed by atoms with Crippen LogP contribution in [-0.4, -0.2) is 23.0 Å². The molecule has 0 aliphatic rings. The van der Waals surface area contributed by atoms with Gasteiger partial charge in [0.2, 0.25) is 0 Å². The summed E-state index contributed by atoms with van der Waals surface area (Å²) in [6.07, 6.45) is 6.33. The van der Waals surface area contributed by atoms with Gasteiger partial charge in [0.25, 0.3) is 10.0 Å². The predicted octanol–water partition coefficient (Wildman–Crippen LogP) is 2.21. The molecule has 0 spiro atoms. The molecule has 3 rings (SSSR count). The first kappa shape index (κ1) is 14.2. The highest BCUT2D eigenvalue weighted by Crippen LogP contribution is 2.16. The van der Waals surface area contributed by atoms with Crippen LogP contribution in [0.2, 0.25) is 0 Å². The van der Waals surface area contributed by atoms with Crippen molar-refractivity contribution in [3.8, 4) is 5.82 Å². The van der Waals surface area contributed by atoms with Crippen molar-refractivity contribution in [3.05, 3.63) is 67.1 Å². The molecule has 8 heteroatoms. The maximum Gasteiger partial charge on any atom is 0.261 e. The summed E-state index contributed by atoms with van der Waals surface area (Å²) >= 11 is 0. The van der Waals surface area contributed by atoms with E-state index in [4.69, 9.17) is 0 Å². The Bertz CT molecular complexity index is 860. The lowest BCUT2D eigenvalue weighted by Gasteiger charge is -2.08. The monoisotopic (exact) mass is 318 g/mol. The zero-order valence-electron chi connectivity index (χ0n) is 11.2. The minimum absolute atomic E-state index is 0.0208. The minimum Gasteiger partial charge on any atom is -0.291 e. The summed E-state index contributed by atoms with van der Waals surface area (Å²) in [6, 6.07) is 7.83. The van der Waals surface area contributed by atoms with Crippen molar-refractivity contribution in [2.45, 2.75) is 4.90 Å². The van der Waals surface area contributed by atoms with Crippen LogP contribution in [0.25, 0.3) is 5.82 Å². The second-order valence-corrected chi connectivity index (χ2v) is 6.12. The van der Waals surface area contributed by atoms with Crippen LogP contribution in [0.1, 0.15) is 0 Å². The van der Waals surface area contributed by atoms with Crippen LogP contribution in [0.15, 0.2) is 66.2 Å². The third-order valence-corrected chi connectivity index (χ3v) is 4.29. The number of nitrogens with one attached hydrogen (secondary N) is 1. The van der Waals surface area contributed by atoms with E-state index in [1.807, 2.05) is 0 Å². The van der Waals surface area contributed by atoms with Crippen molar-refractivity contribution in [2.24, 2.45) is 0 Å². The van der Waals surface area contributed by atoms with Crippen LogP contribution < -0.4 is 4.72 Å². The summed E-state index contributed by atoms with van der Waals surface area (Å²) in [4.78, 5) is 8.04. The zero-order valence-corrected chi connectivity index (χ0v) is 12.0. The summed E-state index contributed by atoms with van der Waals surface area (Å²) in [7, 11) is -3.77. The van der Waals surface area contributed by atoms with Gasteiger partial charge in [-0.25, -0.2) is 22.8 Å². The Labute approximate surface area is 126 Å². The molecule has 1 aromatic carbocycles. The second kappa shape index (κ2) is 5.57. The summed E-state index contributed by atoms with van der Waals surface area (Å²) in [5.74, 6) is 0.118. The zero-order chi connectivity index (χ0) is 15.6. The van der Waals surface area contributed by atoms with Crippen LogP contribution in [-0.2, 0) is 10.0 Å². The number of benzene rings is 1. The number of hydrogen-bond acceptors (Lipinski definition) is 4. The Morgan fingerprint density at radius 2 is 1.86 bits per heavy atom. The number of sulfonamides is 1. The highest BCUT2D eigenvalue weighted by Gasteiger charge is 2.14. The van der Waals surface area contributed by atoms with Crippen LogP contribution >= 0.6 is 0 Å². The number of pyridine rings is 1. The van der Waals surface area contributed by atoms with E-state index in [2.05, 4.69) is 14.7 Å².